The fourth-order valence-corrected chi connectivity index (χ4v) is 3.27. The third kappa shape index (κ3) is 4.80. The monoisotopic (exact) mass is 363 g/mol. The fraction of sp³-hybridized carbons (Fsp3) is 0.278. The van der Waals surface area contributed by atoms with Crippen LogP contribution in [0.1, 0.15) is 36.5 Å². The van der Waals surface area contributed by atoms with Crippen molar-refractivity contribution in [2.75, 3.05) is 6.61 Å². The Kier molecular flexibility index (Phi) is 6.17. The SMILES string of the molecule is CCCCCOc1cc(C(=O)O)cc(S(N)(=O)=O)c1-c1ccccc1. The molecule has 0 radical (unpaired) electrons. The van der Waals surface area contributed by atoms with Crippen LogP contribution < -0.4 is 9.88 Å². The van der Waals surface area contributed by atoms with E-state index in [1.54, 1.807) is 30.3 Å². The summed E-state index contributed by atoms with van der Waals surface area (Å²) in [6.07, 6.45) is 2.75. The van der Waals surface area contributed by atoms with Gasteiger partial charge in [-0.25, -0.2) is 18.4 Å². The molecule has 0 aliphatic carbocycles. The molecule has 0 spiro atoms. The molecule has 0 amide bonds. The van der Waals surface area contributed by atoms with Crippen molar-refractivity contribution in [3.05, 3.63) is 48.0 Å². The second-order valence-corrected chi connectivity index (χ2v) is 7.15. The largest absolute Gasteiger partial charge is 0.493 e. The highest BCUT2D eigenvalue weighted by Gasteiger charge is 2.23. The molecule has 0 saturated heterocycles. The number of nitrogens with two attached hydrogens (primary N) is 1. The Balaban J connectivity index is 2.64. The van der Waals surface area contributed by atoms with E-state index in [4.69, 9.17) is 9.88 Å². The summed E-state index contributed by atoms with van der Waals surface area (Å²) in [5, 5.41) is 14.6. The number of aromatic carboxylic acids is 1. The lowest BCUT2D eigenvalue weighted by molar-refractivity contribution is 0.0696. The van der Waals surface area contributed by atoms with Crippen molar-refractivity contribution in [3.8, 4) is 16.9 Å². The van der Waals surface area contributed by atoms with Crippen molar-refractivity contribution >= 4 is 16.0 Å². The minimum absolute atomic E-state index is 0.186. The maximum Gasteiger partial charge on any atom is 0.335 e. The predicted molar refractivity (Wildman–Crippen MR) is 95.2 cm³/mol. The van der Waals surface area contributed by atoms with E-state index in [0.717, 1.165) is 25.3 Å². The number of hydrogen-bond acceptors (Lipinski definition) is 4. The van der Waals surface area contributed by atoms with Gasteiger partial charge in [-0.3, -0.25) is 0 Å². The molecule has 0 fully saturated rings. The van der Waals surface area contributed by atoms with Crippen molar-refractivity contribution in [2.45, 2.75) is 31.1 Å². The van der Waals surface area contributed by atoms with E-state index in [2.05, 4.69) is 6.92 Å². The van der Waals surface area contributed by atoms with E-state index in [1.165, 1.54) is 6.07 Å². The molecular formula is C18H21NO5S. The molecule has 2 aromatic carbocycles. The number of carboxylic acids is 1. The first-order valence-corrected chi connectivity index (χ1v) is 9.51. The average molecular weight is 363 g/mol. The zero-order valence-corrected chi connectivity index (χ0v) is 14.8. The summed E-state index contributed by atoms with van der Waals surface area (Å²) in [6, 6.07) is 11.2. The number of carboxylic acid groups (broad SMARTS) is 1. The van der Waals surface area contributed by atoms with E-state index < -0.39 is 16.0 Å². The topological polar surface area (TPSA) is 107 Å². The van der Waals surface area contributed by atoms with Gasteiger partial charge in [-0.05, 0) is 24.1 Å². The van der Waals surface area contributed by atoms with Crippen molar-refractivity contribution in [3.63, 3.8) is 0 Å². The van der Waals surface area contributed by atoms with Crippen LogP contribution in [0.25, 0.3) is 11.1 Å². The smallest absolute Gasteiger partial charge is 0.335 e. The normalized spacial score (nSPS) is 11.3. The second-order valence-electron chi connectivity index (χ2n) is 5.62. The minimum atomic E-state index is -4.14. The first-order valence-electron chi connectivity index (χ1n) is 7.97. The molecule has 0 heterocycles. The lowest BCUT2D eigenvalue weighted by Gasteiger charge is -2.16. The fourth-order valence-electron chi connectivity index (χ4n) is 2.48. The van der Waals surface area contributed by atoms with Crippen molar-refractivity contribution in [2.24, 2.45) is 5.14 Å². The summed E-state index contributed by atoms with van der Waals surface area (Å²) < 4.78 is 29.9. The van der Waals surface area contributed by atoms with Crippen LogP contribution in [0.5, 0.6) is 5.75 Å². The maximum atomic E-state index is 12.1. The van der Waals surface area contributed by atoms with Gasteiger partial charge < -0.3 is 9.84 Å². The molecule has 2 rings (SSSR count). The van der Waals surface area contributed by atoms with Crippen LogP contribution in [0, 0.1) is 0 Å². The summed E-state index contributed by atoms with van der Waals surface area (Å²) in [7, 11) is -4.14. The molecule has 0 aliphatic heterocycles. The summed E-state index contributed by atoms with van der Waals surface area (Å²) in [5.41, 5.74) is 0.688. The standard InChI is InChI=1S/C18H21NO5S/c1-2-3-7-10-24-15-11-14(18(20)21)12-16(25(19,22)23)17(15)13-8-5-4-6-9-13/h4-6,8-9,11-12H,2-3,7,10H2,1H3,(H,20,21)(H2,19,22,23). The number of hydrogen-bond donors (Lipinski definition) is 2. The number of sulfonamides is 1. The van der Waals surface area contributed by atoms with Crippen LogP contribution in [-0.4, -0.2) is 26.1 Å². The van der Waals surface area contributed by atoms with Crippen LogP contribution in [-0.2, 0) is 10.0 Å². The van der Waals surface area contributed by atoms with Gasteiger partial charge in [0, 0.05) is 5.56 Å². The third-order valence-electron chi connectivity index (χ3n) is 3.69. The molecule has 0 saturated carbocycles. The highest BCUT2D eigenvalue weighted by atomic mass is 32.2. The van der Waals surface area contributed by atoms with Gasteiger partial charge in [0.15, 0.2) is 0 Å². The Morgan fingerprint density at radius 3 is 2.40 bits per heavy atom. The van der Waals surface area contributed by atoms with Crippen LogP contribution in [0.15, 0.2) is 47.4 Å². The molecule has 0 aliphatic rings. The van der Waals surface area contributed by atoms with Gasteiger partial charge in [0.25, 0.3) is 0 Å². The summed E-state index contributed by atoms with van der Waals surface area (Å²) in [6.45, 7) is 2.42. The van der Waals surface area contributed by atoms with E-state index in [-0.39, 0.29) is 21.8 Å². The van der Waals surface area contributed by atoms with Gasteiger partial charge >= 0.3 is 5.97 Å². The molecule has 7 heteroatoms. The number of ether oxygens (including phenoxy) is 1. The maximum absolute atomic E-state index is 12.1. The van der Waals surface area contributed by atoms with Crippen LogP contribution in [0.3, 0.4) is 0 Å². The lowest BCUT2D eigenvalue weighted by atomic mass is 10.0. The molecule has 6 nitrogen and oxygen atoms in total. The van der Waals surface area contributed by atoms with Gasteiger partial charge in [-0.15, -0.1) is 0 Å². The first-order chi connectivity index (χ1) is 11.8. The molecular weight excluding hydrogens is 342 g/mol. The predicted octanol–water partition coefficient (Wildman–Crippen LogP) is 3.27. The Labute approximate surface area is 147 Å². The summed E-state index contributed by atoms with van der Waals surface area (Å²) in [5.74, 6) is -1.05. The molecule has 0 unspecified atom stereocenters. The Morgan fingerprint density at radius 1 is 1.16 bits per heavy atom. The molecule has 3 N–H and O–H groups in total. The second kappa shape index (κ2) is 8.13. The van der Waals surface area contributed by atoms with Gasteiger partial charge in [-0.1, -0.05) is 50.1 Å². The van der Waals surface area contributed by atoms with Crippen molar-refractivity contribution < 1.29 is 23.1 Å². The summed E-state index contributed by atoms with van der Waals surface area (Å²) >= 11 is 0. The Bertz CT molecular complexity index is 847. The Hall–Kier alpha value is -2.38. The molecule has 0 aromatic heterocycles. The van der Waals surface area contributed by atoms with Crippen LogP contribution >= 0.6 is 0 Å². The third-order valence-corrected chi connectivity index (χ3v) is 4.62. The van der Waals surface area contributed by atoms with Gasteiger partial charge in [0.05, 0.1) is 17.1 Å². The highest BCUT2D eigenvalue weighted by molar-refractivity contribution is 7.89. The van der Waals surface area contributed by atoms with E-state index >= 15 is 0 Å². The minimum Gasteiger partial charge on any atom is -0.493 e. The van der Waals surface area contributed by atoms with E-state index in [0.29, 0.717) is 12.2 Å². The number of rotatable bonds is 8. The lowest BCUT2D eigenvalue weighted by Crippen LogP contribution is -2.16. The van der Waals surface area contributed by atoms with Crippen LogP contribution in [0.2, 0.25) is 0 Å². The zero-order chi connectivity index (χ0) is 18.4. The molecule has 134 valence electrons. The number of carbonyl (C=O) groups is 1. The summed E-state index contributed by atoms with van der Waals surface area (Å²) in [4.78, 5) is 11.1. The number of unbranched alkanes of at least 4 members (excludes halogenated alkanes) is 2. The average Bonchev–Trinajstić information content (AvgIpc) is 2.58. The van der Waals surface area contributed by atoms with Gasteiger partial charge in [0.2, 0.25) is 10.0 Å². The number of primary sulfonamides is 1. The van der Waals surface area contributed by atoms with Crippen molar-refractivity contribution in [1.82, 2.24) is 0 Å². The van der Waals surface area contributed by atoms with E-state index in [9.17, 15) is 18.3 Å². The molecule has 0 atom stereocenters. The molecule has 25 heavy (non-hydrogen) atoms. The molecule has 2 aromatic rings. The quantitative estimate of drug-likeness (QED) is 0.700. The zero-order valence-electron chi connectivity index (χ0n) is 13.9. The van der Waals surface area contributed by atoms with Gasteiger partial charge in [0.1, 0.15) is 5.75 Å². The number of benzene rings is 2. The van der Waals surface area contributed by atoms with Crippen LogP contribution in [0.4, 0.5) is 0 Å². The Morgan fingerprint density at radius 2 is 1.84 bits per heavy atom. The van der Waals surface area contributed by atoms with E-state index in [1.807, 2.05) is 0 Å². The first kappa shape index (κ1) is 19.0. The van der Waals surface area contributed by atoms with Gasteiger partial charge in [-0.2, -0.15) is 0 Å². The molecule has 0 bridgehead atoms. The highest BCUT2D eigenvalue weighted by Crippen LogP contribution is 2.37. The van der Waals surface area contributed by atoms with Crippen molar-refractivity contribution in [1.29, 1.82) is 0 Å².